The Morgan fingerprint density at radius 1 is 1.29 bits per heavy atom. The van der Waals surface area contributed by atoms with Crippen LogP contribution in [0.25, 0.3) is 0 Å². The van der Waals surface area contributed by atoms with Crippen molar-refractivity contribution in [3.63, 3.8) is 0 Å². The number of thiophene rings is 1. The fourth-order valence-corrected chi connectivity index (χ4v) is 3.84. The fraction of sp³-hybridized carbons (Fsp3) is 0.692. The van der Waals surface area contributed by atoms with Crippen LogP contribution < -0.4 is 0 Å². The van der Waals surface area contributed by atoms with Gasteiger partial charge in [-0.25, -0.2) is 0 Å². The molecular weight excluding hydrogens is 296 g/mol. The molecule has 1 saturated heterocycles. The first-order valence-corrected chi connectivity index (χ1v) is 8.00. The van der Waals surface area contributed by atoms with Crippen LogP contribution in [0.1, 0.15) is 24.1 Å². The van der Waals surface area contributed by atoms with Gasteiger partial charge in [-0.15, -0.1) is 11.3 Å². The maximum absolute atomic E-state index is 3.52. The molecule has 0 atom stereocenters. The van der Waals surface area contributed by atoms with Gasteiger partial charge in [-0.3, -0.25) is 0 Å². The molecule has 0 amide bonds. The summed E-state index contributed by atoms with van der Waals surface area (Å²) in [6.45, 7) is 6.08. The van der Waals surface area contributed by atoms with Gasteiger partial charge in [0.2, 0.25) is 0 Å². The number of hydrogen-bond acceptors (Lipinski definition) is 3. The monoisotopic (exact) mass is 316 g/mol. The minimum atomic E-state index is 1.07. The average molecular weight is 317 g/mol. The van der Waals surface area contributed by atoms with E-state index < -0.39 is 0 Å². The predicted octanol–water partition coefficient (Wildman–Crippen LogP) is 3.43. The Morgan fingerprint density at radius 2 is 2.06 bits per heavy atom. The smallest absolute Gasteiger partial charge is 0.0701 e. The highest BCUT2D eigenvalue weighted by atomic mass is 79.9. The second-order valence-corrected chi connectivity index (χ2v) is 7.39. The average Bonchev–Trinajstić information content (AvgIpc) is 2.73. The van der Waals surface area contributed by atoms with Crippen LogP contribution in [0.4, 0.5) is 0 Å². The summed E-state index contributed by atoms with van der Waals surface area (Å²) in [5.41, 5.74) is 0. The molecule has 0 N–H and O–H groups in total. The van der Waals surface area contributed by atoms with E-state index in [0.717, 1.165) is 6.54 Å². The zero-order chi connectivity index (χ0) is 12.1. The van der Waals surface area contributed by atoms with Gasteiger partial charge in [0.25, 0.3) is 0 Å². The van der Waals surface area contributed by atoms with Gasteiger partial charge in [0.1, 0.15) is 0 Å². The molecule has 2 rings (SSSR count). The van der Waals surface area contributed by atoms with Gasteiger partial charge >= 0.3 is 0 Å². The van der Waals surface area contributed by atoms with Crippen molar-refractivity contribution in [1.82, 2.24) is 9.80 Å². The van der Waals surface area contributed by atoms with Crippen molar-refractivity contribution in [1.29, 1.82) is 0 Å². The molecule has 2 heterocycles. The molecule has 4 heteroatoms. The van der Waals surface area contributed by atoms with Crippen molar-refractivity contribution in [2.45, 2.75) is 25.8 Å². The van der Waals surface area contributed by atoms with E-state index in [0.29, 0.717) is 0 Å². The lowest BCUT2D eigenvalue weighted by Gasteiger charge is -2.28. The summed E-state index contributed by atoms with van der Waals surface area (Å²) >= 11 is 5.35. The SMILES string of the molecule is CN(CCN1CCCCC1)Cc1ccc(Br)s1. The third-order valence-electron chi connectivity index (χ3n) is 3.30. The Hall–Kier alpha value is 0.1000. The number of hydrogen-bond donors (Lipinski definition) is 0. The lowest BCUT2D eigenvalue weighted by Crippen LogP contribution is -2.36. The number of halogens is 1. The predicted molar refractivity (Wildman–Crippen MR) is 78.6 cm³/mol. The zero-order valence-corrected chi connectivity index (χ0v) is 12.9. The molecule has 1 aromatic heterocycles. The van der Waals surface area contributed by atoms with E-state index in [4.69, 9.17) is 0 Å². The van der Waals surface area contributed by atoms with Gasteiger partial charge in [-0.1, -0.05) is 6.42 Å². The van der Waals surface area contributed by atoms with Crippen LogP contribution in [-0.2, 0) is 6.54 Å². The van der Waals surface area contributed by atoms with E-state index in [1.54, 1.807) is 0 Å². The van der Waals surface area contributed by atoms with Crippen molar-refractivity contribution in [3.8, 4) is 0 Å². The van der Waals surface area contributed by atoms with Crippen LogP contribution in [0.3, 0.4) is 0 Å². The summed E-state index contributed by atoms with van der Waals surface area (Å²) < 4.78 is 1.23. The molecule has 0 saturated carbocycles. The lowest BCUT2D eigenvalue weighted by atomic mass is 10.1. The molecule has 0 aromatic carbocycles. The number of piperidine rings is 1. The second kappa shape index (κ2) is 6.88. The third-order valence-corrected chi connectivity index (χ3v) is 4.91. The topological polar surface area (TPSA) is 6.48 Å². The van der Waals surface area contributed by atoms with E-state index in [1.165, 1.54) is 54.1 Å². The summed E-state index contributed by atoms with van der Waals surface area (Å²) in [5.74, 6) is 0. The Kier molecular flexibility index (Phi) is 5.48. The normalized spacial score (nSPS) is 17.8. The largest absolute Gasteiger partial charge is 0.302 e. The van der Waals surface area contributed by atoms with Crippen LogP contribution in [-0.4, -0.2) is 43.0 Å². The summed E-state index contributed by atoms with van der Waals surface area (Å²) in [6, 6.07) is 4.35. The Labute approximate surface area is 117 Å². The van der Waals surface area contributed by atoms with Crippen molar-refractivity contribution in [2.24, 2.45) is 0 Å². The fourth-order valence-electron chi connectivity index (χ4n) is 2.28. The number of rotatable bonds is 5. The molecule has 0 radical (unpaired) electrons. The molecule has 2 nitrogen and oxygen atoms in total. The highest BCUT2D eigenvalue weighted by Gasteiger charge is 2.10. The first kappa shape index (κ1) is 13.5. The first-order chi connectivity index (χ1) is 8.24. The summed E-state index contributed by atoms with van der Waals surface area (Å²) in [7, 11) is 2.22. The van der Waals surface area contributed by atoms with Crippen molar-refractivity contribution in [2.75, 3.05) is 33.2 Å². The molecular formula is C13H21BrN2S. The van der Waals surface area contributed by atoms with Crippen molar-refractivity contribution in [3.05, 3.63) is 20.8 Å². The third kappa shape index (κ3) is 4.70. The molecule has 17 heavy (non-hydrogen) atoms. The first-order valence-electron chi connectivity index (χ1n) is 6.39. The molecule has 0 spiro atoms. The molecule has 96 valence electrons. The van der Waals surface area contributed by atoms with E-state index >= 15 is 0 Å². The van der Waals surface area contributed by atoms with Crippen LogP contribution in [0.5, 0.6) is 0 Å². The molecule has 0 bridgehead atoms. The number of likely N-dealkylation sites (N-methyl/N-ethyl adjacent to an activating group) is 1. The van der Waals surface area contributed by atoms with Crippen LogP contribution in [0.2, 0.25) is 0 Å². The van der Waals surface area contributed by atoms with Crippen molar-refractivity contribution >= 4 is 27.3 Å². The summed E-state index contributed by atoms with van der Waals surface area (Å²) in [5, 5.41) is 0. The minimum absolute atomic E-state index is 1.07. The van der Waals surface area contributed by atoms with E-state index in [-0.39, 0.29) is 0 Å². The second-order valence-electron chi connectivity index (χ2n) is 4.85. The lowest BCUT2D eigenvalue weighted by molar-refractivity contribution is 0.194. The van der Waals surface area contributed by atoms with Crippen LogP contribution >= 0.6 is 27.3 Å². The zero-order valence-electron chi connectivity index (χ0n) is 10.5. The molecule has 1 fully saturated rings. The van der Waals surface area contributed by atoms with Gasteiger partial charge in [-0.2, -0.15) is 0 Å². The molecule has 1 aromatic rings. The highest BCUT2D eigenvalue weighted by Crippen LogP contribution is 2.22. The Bertz CT molecular complexity index is 334. The van der Waals surface area contributed by atoms with E-state index in [9.17, 15) is 0 Å². The van der Waals surface area contributed by atoms with E-state index in [2.05, 4.69) is 44.9 Å². The van der Waals surface area contributed by atoms with Crippen LogP contribution in [0, 0.1) is 0 Å². The van der Waals surface area contributed by atoms with Gasteiger partial charge in [-0.05, 0) is 61.0 Å². The minimum Gasteiger partial charge on any atom is -0.302 e. The Morgan fingerprint density at radius 3 is 2.71 bits per heavy atom. The van der Waals surface area contributed by atoms with Gasteiger partial charge in [0.05, 0.1) is 3.79 Å². The van der Waals surface area contributed by atoms with E-state index in [1.807, 2.05) is 11.3 Å². The van der Waals surface area contributed by atoms with Crippen molar-refractivity contribution < 1.29 is 0 Å². The van der Waals surface area contributed by atoms with Gasteiger partial charge < -0.3 is 9.80 Å². The number of likely N-dealkylation sites (tertiary alicyclic amines) is 1. The molecule has 0 aliphatic carbocycles. The highest BCUT2D eigenvalue weighted by molar-refractivity contribution is 9.11. The summed E-state index contributed by atoms with van der Waals surface area (Å²) in [4.78, 5) is 6.47. The maximum atomic E-state index is 3.52. The van der Waals surface area contributed by atoms with Gasteiger partial charge in [0.15, 0.2) is 0 Å². The maximum Gasteiger partial charge on any atom is 0.0701 e. The quantitative estimate of drug-likeness (QED) is 0.821. The summed E-state index contributed by atoms with van der Waals surface area (Å²) in [6.07, 6.45) is 4.21. The van der Waals surface area contributed by atoms with Crippen LogP contribution in [0.15, 0.2) is 15.9 Å². The number of nitrogens with zero attached hydrogens (tertiary/aromatic N) is 2. The van der Waals surface area contributed by atoms with Gasteiger partial charge in [0, 0.05) is 24.5 Å². The molecule has 1 aliphatic rings. The standard InChI is InChI=1S/C13H21BrN2S/c1-15(11-12-5-6-13(14)17-12)9-10-16-7-3-2-4-8-16/h5-6H,2-4,7-11H2,1H3. The molecule has 1 aliphatic heterocycles. The molecule has 0 unspecified atom stereocenters. The Balaban J connectivity index is 1.68.